The Morgan fingerprint density at radius 1 is 0.966 bits per heavy atom. The van der Waals surface area contributed by atoms with Crippen molar-refractivity contribution in [1.29, 1.82) is 0 Å². The van der Waals surface area contributed by atoms with E-state index < -0.39 is 18.0 Å². The minimum Gasteiger partial charge on any atom is -0.493 e. The lowest BCUT2D eigenvalue weighted by Crippen LogP contribution is -2.45. The van der Waals surface area contributed by atoms with Gasteiger partial charge in [0.15, 0.2) is 11.5 Å². The summed E-state index contributed by atoms with van der Waals surface area (Å²) >= 11 is 0. The number of hydrogen-bond acceptors (Lipinski definition) is 6. The molecule has 2 atom stereocenters. The summed E-state index contributed by atoms with van der Waals surface area (Å²) in [4.78, 5) is 40.5. The highest BCUT2D eigenvalue weighted by Gasteiger charge is 2.49. The molecule has 2 unspecified atom stereocenters. The van der Waals surface area contributed by atoms with Crippen LogP contribution in [0, 0.1) is 5.92 Å². The second kappa shape index (κ2) is 7.27. The zero-order valence-electron chi connectivity index (χ0n) is 16.5. The maximum atomic E-state index is 13.0. The number of urea groups is 1. The fourth-order valence-electron chi connectivity index (χ4n) is 4.11. The molecule has 2 aliphatic rings. The first-order valence-corrected chi connectivity index (χ1v) is 9.36. The summed E-state index contributed by atoms with van der Waals surface area (Å²) in [6, 6.07) is 8.06. The highest BCUT2D eigenvalue weighted by Crippen LogP contribution is 2.37. The van der Waals surface area contributed by atoms with Gasteiger partial charge >= 0.3 is 12.0 Å². The third-order valence-corrected chi connectivity index (χ3v) is 5.64. The van der Waals surface area contributed by atoms with Crippen LogP contribution in [0.25, 0.3) is 10.8 Å². The number of anilines is 1. The molecule has 2 aromatic rings. The second-order valence-corrected chi connectivity index (χ2v) is 7.16. The zero-order valence-corrected chi connectivity index (χ0v) is 16.5. The Hall–Kier alpha value is -3.29. The lowest BCUT2D eigenvalue weighted by Gasteiger charge is -2.31. The number of esters is 1. The van der Waals surface area contributed by atoms with Gasteiger partial charge in [0.25, 0.3) is 5.91 Å². The largest absolute Gasteiger partial charge is 0.493 e. The molecule has 8 nitrogen and oxygen atoms in total. The molecule has 29 heavy (non-hydrogen) atoms. The Balaban J connectivity index is 1.67. The van der Waals surface area contributed by atoms with E-state index in [1.165, 1.54) is 16.9 Å². The zero-order chi connectivity index (χ0) is 20.7. The van der Waals surface area contributed by atoms with Gasteiger partial charge in [-0.15, -0.1) is 0 Å². The standard InChI is InChI=1S/C21H22N2O6/c1-27-17-9-12-4-6-15(8-14(12)10-18(17)28-2)23-19(24)16-7-5-13(20(25)29-3)11-22(16)21(23)26/h4,6,8-10,13,16H,5,7,11H2,1-3H3. The van der Waals surface area contributed by atoms with Crippen molar-refractivity contribution in [3.05, 3.63) is 30.3 Å². The number of piperidine rings is 1. The van der Waals surface area contributed by atoms with Crippen LogP contribution in [0.5, 0.6) is 11.5 Å². The average Bonchev–Trinajstić information content (AvgIpc) is 3.01. The topological polar surface area (TPSA) is 85.4 Å². The van der Waals surface area contributed by atoms with Crippen molar-refractivity contribution >= 4 is 34.4 Å². The molecule has 0 aromatic heterocycles. The monoisotopic (exact) mass is 398 g/mol. The van der Waals surface area contributed by atoms with Crippen molar-refractivity contribution in [2.45, 2.75) is 18.9 Å². The second-order valence-electron chi connectivity index (χ2n) is 7.16. The molecular weight excluding hydrogens is 376 g/mol. The van der Waals surface area contributed by atoms with Crippen molar-refractivity contribution in [3.8, 4) is 11.5 Å². The fraction of sp³-hybridized carbons (Fsp3) is 0.381. The molecule has 3 amide bonds. The summed E-state index contributed by atoms with van der Waals surface area (Å²) in [5.74, 6) is 0.148. The van der Waals surface area contributed by atoms with E-state index in [4.69, 9.17) is 14.2 Å². The van der Waals surface area contributed by atoms with Gasteiger partial charge in [-0.05, 0) is 47.9 Å². The van der Waals surface area contributed by atoms with Gasteiger partial charge < -0.3 is 19.1 Å². The first-order valence-electron chi connectivity index (χ1n) is 9.36. The summed E-state index contributed by atoms with van der Waals surface area (Å²) in [6.45, 7) is 0.191. The van der Waals surface area contributed by atoms with Gasteiger partial charge in [-0.1, -0.05) is 6.07 Å². The summed E-state index contributed by atoms with van der Waals surface area (Å²) in [5, 5.41) is 1.71. The SMILES string of the molecule is COC(=O)C1CCC2C(=O)N(c3ccc4cc(OC)c(OC)cc4c3)C(=O)N2C1. The van der Waals surface area contributed by atoms with Crippen molar-refractivity contribution in [3.63, 3.8) is 0 Å². The summed E-state index contributed by atoms with van der Waals surface area (Å²) in [7, 11) is 4.45. The number of rotatable bonds is 4. The van der Waals surface area contributed by atoms with Crippen LogP contribution in [0.4, 0.5) is 10.5 Å². The lowest BCUT2D eigenvalue weighted by molar-refractivity contribution is -0.147. The first kappa shape index (κ1) is 19.0. The Morgan fingerprint density at radius 3 is 2.31 bits per heavy atom. The molecule has 0 N–H and O–H groups in total. The molecule has 0 spiro atoms. The van der Waals surface area contributed by atoms with Crippen molar-refractivity contribution in [2.75, 3.05) is 32.8 Å². The quantitative estimate of drug-likeness (QED) is 0.581. The lowest BCUT2D eigenvalue weighted by atomic mass is 9.93. The van der Waals surface area contributed by atoms with E-state index in [9.17, 15) is 14.4 Å². The molecule has 0 radical (unpaired) electrons. The van der Waals surface area contributed by atoms with Crippen LogP contribution in [0.15, 0.2) is 30.3 Å². The maximum Gasteiger partial charge on any atom is 0.332 e. The molecule has 0 saturated carbocycles. The number of methoxy groups -OCH3 is 3. The molecule has 2 heterocycles. The van der Waals surface area contributed by atoms with E-state index in [1.807, 2.05) is 18.2 Å². The van der Waals surface area contributed by atoms with Crippen molar-refractivity contribution in [1.82, 2.24) is 4.90 Å². The number of nitrogens with zero attached hydrogens (tertiary/aromatic N) is 2. The van der Waals surface area contributed by atoms with Gasteiger partial charge in [0.2, 0.25) is 0 Å². The molecular formula is C21H22N2O6. The number of amides is 3. The highest BCUT2D eigenvalue weighted by atomic mass is 16.5. The normalized spacial score (nSPS) is 21.3. The molecule has 0 aliphatic carbocycles. The van der Waals surface area contributed by atoms with Gasteiger partial charge in [0, 0.05) is 6.54 Å². The van der Waals surface area contributed by atoms with Crippen LogP contribution in [-0.4, -0.2) is 56.7 Å². The Bertz CT molecular complexity index is 1000. The molecule has 8 heteroatoms. The third kappa shape index (κ3) is 3.04. The van der Waals surface area contributed by atoms with Gasteiger partial charge in [-0.25, -0.2) is 9.69 Å². The fourth-order valence-corrected chi connectivity index (χ4v) is 4.11. The first-order chi connectivity index (χ1) is 14.0. The van der Waals surface area contributed by atoms with Crippen molar-refractivity contribution < 1.29 is 28.6 Å². The minimum absolute atomic E-state index is 0.191. The Kier molecular flexibility index (Phi) is 4.77. The van der Waals surface area contributed by atoms with Crippen LogP contribution >= 0.6 is 0 Å². The number of hydrogen-bond donors (Lipinski definition) is 0. The van der Waals surface area contributed by atoms with Crippen LogP contribution in [0.1, 0.15) is 12.8 Å². The number of carbonyl (C=O) groups is 3. The molecule has 2 aromatic carbocycles. The predicted molar refractivity (Wildman–Crippen MR) is 105 cm³/mol. The van der Waals surface area contributed by atoms with Crippen LogP contribution in [0.3, 0.4) is 0 Å². The van der Waals surface area contributed by atoms with Crippen LogP contribution < -0.4 is 14.4 Å². The van der Waals surface area contributed by atoms with Crippen LogP contribution in [0.2, 0.25) is 0 Å². The molecule has 4 rings (SSSR count). The van der Waals surface area contributed by atoms with E-state index in [-0.39, 0.29) is 18.4 Å². The smallest absolute Gasteiger partial charge is 0.332 e. The molecule has 2 fully saturated rings. The molecule has 2 aliphatic heterocycles. The van der Waals surface area contributed by atoms with E-state index in [1.54, 1.807) is 26.4 Å². The Morgan fingerprint density at radius 2 is 1.66 bits per heavy atom. The number of imide groups is 1. The van der Waals surface area contributed by atoms with Gasteiger partial charge in [0.1, 0.15) is 6.04 Å². The molecule has 0 bridgehead atoms. The van der Waals surface area contributed by atoms with Gasteiger partial charge in [-0.2, -0.15) is 0 Å². The van der Waals surface area contributed by atoms with Crippen molar-refractivity contribution in [2.24, 2.45) is 5.92 Å². The minimum atomic E-state index is -0.537. The van der Waals surface area contributed by atoms with E-state index >= 15 is 0 Å². The Labute approximate surface area is 167 Å². The molecule has 2 saturated heterocycles. The summed E-state index contributed by atoms with van der Waals surface area (Å²) < 4.78 is 15.5. The van der Waals surface area contributed by atoms with Crippen LogP contribution in [-0.2, 0) is 14.3 Å². The van der Waals surface area contributed by atoms with E-state index in [0.29, 0.717) is 30.0 Å². The predicted octanol–water partition coefficient (Wildman–Crippen LogP) is 2.58. The van der Waals surface area contributed by atoms with E-state index in [2.05, 4.69) is 0 Å². The average molecular weight is 398 g/mol. The third-order valence-electron chi connectivity index (χ3n) is 5.64. The highest BCUT2D eigenvalue weighted by molar-refractivity contribution is 6.22. The molecule has 152 valence electrons. The summed E-state index contributed by atoms with van der Waals surface area (Å²) in [6.07, 6.45) is 0.967. The summed E-state index contributed by atoms with van der Waals surface area (Å²) in [5.41, 5.74) is 0.490. The number of benzene rings is 2. The van der Waals surface area contributed by atoms with Gasteiger partial charge in [-0.3, -0.25) is 9.59 Å². The van der Waals surface area contributed by atoms with Gasteiger partial charge in [0.05, 0.1) is 32.9 Å². The maximum absolute atomic E-state index is 13.0. The number of ether oxygens (including phenoxy) is 3. The van der Waals surface area contributed by atoms with E-state index in [0.717, 1.165) is 10.8 Å². The number of carbonyl (C=O) groups excluding carboxylic acids is 3. The number of fused-ring (bicyclic) bond motifs is 2.